The maximum atomic E-state index is 13.6. The maximum Gasteiger partial charge on any atom is 0.255 e. The Morgan fingerprint density at radius 3 is 2.39 bits per heavy atom. The zero-order valence-electron chi connectivity index (χ0n) is 18.5. The molecule has 1 aliphatic carbocycles. The highest BCUT2D eigenvalue weighted by molar-refractivity contribution is 7.91. The predicted octanol–water partition coefficient (Wildman–Crippen LogP) is 3.56. The summed E-state index contributed by atoms with van der Waals surface area (Å²) in [5.41, 5.74) is 1.25. The van der Waals surface area contributed by atoms with Crippen LogP contribution < -0.4 is 4.90 Å². The van der Waals surface area contributed by atoms with Crippen molar-refractivity contribution < 1.29 is 22.0 Å². The molecule has 0 spiro atoms. The lowest BCUT2D eigenvalue weighted by atomic mass is 10.1. The second-order valence-corrected chi connectivity index (χ2v) is 11.5. The number of nitrogens with zero attached hydrogens (tertiary/aromatic N) is 3. The highest BCUT2D eigenvalue weighted by Crippen LogP contribution is 2.56. The SMILES string of the molecule is Cc1ccc(N2C3CCC2CN(C(=O)CCS(=O)(=O)c2ccccc2[C@H]2CC2(F)F)C3)nc1. The van der Waals surface area contributed by atoms with Gasteiger partial charge in [-0.25, -0.2) is 22.2 Å². The molecule has 1 aromatic carbocycles. The van der Waals surface area contributed by atoms with E-state index in [1.54, 1.807) is 11.0 Å². The van der Waals surface area contributed by atoms with Crippen LogP contribution in [0.15, 0.2) is 47.5 Å². The molecule has 33 heavy (non-hydrogen) atoms. The molecule has 0 N–H and O–H groups in total. The Labute approximate surface area is 192 Å². The second-order valence-electron chi connectivity index (χ2n) is 9.41. The Kier molecular flexibility index (Phi) is 5.42. The fourth-order valence-corrected chi connectivity index (χ4v) is 6.70. The minimum absolute atomic E-state index is 0.0738. The number of carbonyl (C=O) groups excluding carboxylic acids is 1. The number of benzene rings is 1. The molecule has 1 saturated carbocycles. The van der Waals surface area contributed by atoms with Crippen molar-refractivity contribution in [1.82, 2.24) is 9.88 Å². The number of pyridine rings is 1. The number of carbonyl (C=O) groups is 1. The lowest BCUT2D eigenvalue weighted by Crippen LogP contribution is -2.55. The van der Waals surface area contributed by atoms with E-state index in [9.17, 15) is 22.0 Å². The third kappa shape index (κ3) is 4.23. The lowest BCUT2D eigenvalue weighted by Gasteiger charge is -2.41. The van der Waals surface area contributed by atoms with Crippen molar-refractivity contribution in [2.24, 2.45) is 0 Å². The number of sulfone groups is 1. The molecule has 3 fully saturated rings. The van der Waals surface area contributed by atoms with Crippen LogP contribution in [0, 0.1) is 6.92 Å². The molecule has 1 aromatic heterocycles. The van der Waals surface area contributed by atoms with Gasteiger partial charge in [0.25, 0.3) is 5.92 Å². The first-order chi connectivity index (χ1) is 15.7. The van der Waals surface area contributed by atoms with Crippen LogP contribution in [0.4, 0.5) is 14.6 Å². The molecular formula is C24H27F2N3O3S. The average molecular weight is 476 g/mol. The van der Waals surface area contributed by atoms with Gasteiger partial charge in [0, 0.05) is 44.2 Å². The van der Waals surface area contributed by atoms with E-state index in [0.29, 0.717) is 13.1 Å². The number of aryl methyl sites for hydroxylation is 1. The summed E-state index contributed by atoms with van der Waals surface area (Å²) in [6.45, 7) is 3.07. The minimum atomic E-state index is -3.85. The maximum absolute atomic E-state index is 13.6. The van der Waals surface area contributed by atoms with Crippen LogP contribution in [0.2, 0.25) is 0 Å². The van der Waals surface area contributed by atoms with Crippen molar-refractivity contribution in [2.45, 2.75) is 61.4 Å². The van der Waals surface area contributed by atoms with E-state index in [1.165, 1.54) is 18.2 Å². The van der Waals surface area contributed by atoms with Crippen LogP contribution in [0.25, 0.3) is 0 Å². The molecule has 1 amide bonds. The Bertz CT molecular complexity index is 1160. The standard InChI is InChI=1S/C24H27F2N3O3S/c1-16-6-9-22(27-13-16)29-17-7-8-18(29)15-28(14-17)23(30)10-11-33(31,32)21-5-3-2-4-19(21)20-12-24(20,25)26/h2-6,9,13,17-18,20H,7-8,10-12,14-15H2,1H3/t17?,18?,20-/m1/s1. The smallest absolute Gasteiger partial charge is 0.255 e. The van der Waals surface area contributed by atoms with Gasteiger partial charge in [-0.15, -0.1) is 0 Å². The molecule has 2 aromatic rings. The first kappa shape index (κ1) is 22.3. The number of rotatable bonds is 6. The largest absolute Gasteiger partial charge is 0.347 e. The van der Waals surface area contributed by atoms with Crippen molar-refractivity contribution in [3.8, 4) is 0 Å². The van der Waals surface area contributed by atoms with Crippen LogP contribution in [0.1, 0.15) is 42.7 Å². The van der Waals surface area contributed by atoms with Crippen LogP contribution in [-0.2, 0) is 14.6 Å². The summed E-state index contributed by atoms with van der Waals surface area (Å²) in [5, 5.41) is 0. The van der Waals surface area contributed by atoms with Crippen molar-refractivity contribution >= 4 is 21.6 Å². The van der Waals surface area contributed by atoms with Gasteiger partial charge < -0.3 is 9.80 Å². The number of anilines is 1. The van der Waals surface area contributed by atoms with E-state index < -0.39 is 21.7 Å². The zero-order valence-corrected chi connectivity index (χ0v) is 19.3. The van der Waals surface area contributed by atoms with Gasteiger partial charge in [-0.1, -0.05) is 24.3 Å². The van der Waals surface area contributed by atoms with Crippen LogP contribution in [0.3, 0.4) is 0 Å². The topological polar surface area (TPSA) is 70.6 Å². The Hall–Kier alpha value is -2.55. The Morgan fingerprint density at radius 2 is 1.79 bits per heavy atom. The number of likely N-dealkylation sites (tertiary alicyclic amines) is 1. The molecule has 3 aliphatic rings. The quantitative estimate of drug-likeness (QED) is 0.639. The Balaban J connectivity index is 1.24. The van der Waals surface area contributed by atoms with Crippen LogP contribution in [-0.4, -0.2) is 61.1 Å². The normalized spacial score (nSPS) is 25.8. The molecule has 2 unspecified atom stereocenters. The van der Waals surface area contributed by atoms with Gasteiger partial charge in [-0.05, 0) is 43.0 Å². The number of amides is 1. The lowest BCUT2D eigenvalue weighted by molar-refractivity contribution is -0.131. The zero-order chi connectivity index (χ0) is 23.4. The van der Waals surface area contributed by atoms with Gasteiger partial charge in [-0.2, -0.15) is 0 Å². The molecule has 2 saturated heterocycles. The number of fused-ring (bicyclic) bond motifs is 2. The van der Waals surface area contributed by atoms with Gasteiger partial charge in [0.15, 0.2) is 9.84 Å². The predicted molar refractivity (Wildman–Crippen MR) is 120 cm³/mol. The summed E-state index contributed by atoms with van der Waals surface area (Å²) in [5.74, 6) is -3.58. The molecule has 2 bridgehead atoms. The van der Waals surface area contributed by atoms with Crippen molar-refractivity contribution in [2.75, 3.05) is 23.7 Å². The van der Waals surface area contributed by atoms with Gasteiger partial charge in [0.2, 0.25) is 5.91 Å². The van der Waals surface area contributed by atoms with E-state index in [4.69, 9.17) is 0 Å². The van der Waals surface area contributed by atoms with Crippen molar-refractivity contribution in [3.63, 3.8) is 0 Å². The van der Waals surface area contributed by atoms with Gasteiger partial charge in [0.1, 0.15) is 5.82 Å². The number of aromatic nitrogens is 1. The summed E-state index contributed by atoms with van der Waals surface area (Å²) in [4.78, 5) is 21.4. The van der Waals surface area contributed by atoms with Crippen molar-refractivity contribution in [1.29, 1.82) is 0 Å². The van der Waals surface area contributed by atoms with E-state index in [1.807, 2.05) is 25.3 Å². The third-order valence-electron chi connectivity index (χ3n) is 7.04. The summed E-state index contributed by atoms with van der Waals surface area (Å²) in [7, 11) is -3.85. The molecule has 9 heteroatoms. The summed E-state index contributed by atoms with van der Waals surface area (Å²) >= 11 is 0. The molecule has 6 nitrogen and oxygen atoms in total. The summed E-state index contributed by atoms with van der Waals surface area (Å²) in [6.07, 6.45) is 3.28. The molecule has 3 atom stereocenters. The van der Waals surface area contributed by atoms with Crippen LogP contribution >= 0.6 is 0 Å². The number of halogens is 2. The number of hydrogen-bond acceptors (Lipinski definition) is 5. The molecule has 5 rings (SSSR count). The molecule has 176 valence electrons. The molecule has 0 radical (unpaired) electrons. The highest BCUT2D eigenvalue weighted by Gasteiger charge is 2.58. The van der Waals surface area contributed by atoms with E-state index in [2.05, 4.69) is 9.88 Å². The third-order valence-corrected chi connectivity index (χ3v) is 8.82. The van der Waals surface area contributed by atoms with Gasteiger partial charge in [-0.3, -0.25) is 4.79 Å². The summed E-state index contributed by atoms with van der Waals surface area (Å²) in [6, 6.07) is 10.3. The molecule has 2 aliphatic heterocycles. The van der Waals surface area contributed by atoms with E-state index in [-0.39, 0.29) is 47.0 Å². The van der Waals surface area contributed by atoms with Crippen molar-refractivity contribution in [3.05, 3.63) is 53.7 Å². The van der Waals surface area contributed by atoms with E-state index >= 15 is 0 Å². The number of alkyl halides is 2. The van der Waals surface area contributed by atoms with Gasteiger partial charge >= 0.3 is 0 Å². The number of piperazine rings is 1. The molecule has 3 heterocycles. The number of hydrogen-bond donors (Lipinski definition) is 0. The van der Waals surface area contributed by atoms with Crippen LogP contribution in [0.5, 0.6) is 0 Å². The fraction of sp³-hybridized carbons (Fsp3) is 0.500. The fourth-order valence-electron chi connectivity index (χ4n) is 5.19. The first-order valence-electron chi connectivity index (χ1n) is 11.3. The monoisotopic (exact) mass is 475 g/mol. The minimum Gasteiger partial charge on any atom is -0.347 e. The highest BCUT2D eigenvalue weighted by atomic mass is 32.2. The average Bonchev–Trinajstić information content (AvgIpc) is 3.35. The second kappa shape index (κ2) is 8.04. The van der Waals surface area contributed by atoms with E-state index in [0.717, 1.165) is 24.2 Å². The molecular weight excluding hydrogens is 448 g/mol. The Morgan fingerprint density at radius 1 is 1.12 bits per heavy atom. The summed E-state index contributed by atoms with van der Waals surface area (Å²) < 4.78 is 53.1. The van der Waals surface area contributed by atoms with Gasteiger partial charge in [0.05, 0.1) is 16.6 Å². The first-order valence-corrected chi connectivity index (χ1v) is 13.0.